The number of aliphatic hydroxyl groups excluding tert-OH is 2. The van der Waals surface area contributed by atoms with Crippen LogP contribution in [0.25, 0.3) is 0 Å². The summed E-state index contributed by atoms with van der Waals surface area (Å²) in [6, 6.07) is 4.92. The van der Waals surface area contributed by atoms with Crippen LogP contribution in [0.5, 0.6) is 0 Å². The first kappa shape index (κ1) is 9.83. The van der Waals surface area contributed by atoms with E-state index in [2.05, 4.69) is 4.98 Å². The van der Waals surface area contributed by atoms with Crippen molar-refractivity contribution in [3.8, 4) is 0 Å². The fourth-order valence-electron chi connectivity index (χ4n) is 0.935. The second-order valence-electron chi connectivity index (χ2n) is 2.75. The lowest BCUT2D eigenvalue weighted by Crippen LogP contribution is -2.26. The Morgan fingerprint density at radius 3 is 2.62 bits per heavy atom. The highest BCUT2D eigenvalue weighted by atomic mass is 16.3. The maximum absolute atomic E-state index is 10.7. The van der Waals surface area contributed by atoms with Gasteiger partial charge in [0.25, 0.3) is 0 Å². The van der Waals surface area contributed by atoms with Crippen LogP contribution in [0.4, 0.5) is 0 Å². The van der Waals surface area contributed by atoms with Crippen molar-refractivity contribution in [2.24, 2.45) is 0 Å². The summed E-state index contributed by atoms with van der Waals surface area (Å²) in [6.07, 6.45) is -1.14. The average molecular weight is 181 g/mol. The van der Waals surface area contributed by atoms with Crippen LogP contribution in [0.3, 0.4) is 0 Å². The van der Waals surface area contributed by atoms with E-state index in [4.69, 9.17) is 0 Å². The number of hydrogen-bond donors (Lipinski definition) is 2. The summed E-state index contributed by atoms with van der Waals surface area (Å²) in [4.78, 5) is 14.5. The lowest BCUT2D eigenvalue weighted by Gasteiger charge is -2.13. The smallest absolute Gasteiger partial charge is 0.161 e. The Bertz CT molecular complexity index is 286. The number of ketones is 1. The van der Waals surface area contributed by atoms with E-state index in [0.717, 1.165) is 0 Å². The highest BCUT2D eigenvalue weighted by molar-refractivity contribution is 5.80. The van der Waals surface area contributed by atoms with Crippen LogP contribution >= 0.6 is 0 Å². The molecule has 0 unspecified atom stereocenters. The molecule has 1 heterocycles. The van der Waals surface area contributed by atoms with Gasteiger partial charge in [-0.1, -0.05) is 6.07 Å². The summed E-state index contributed by atoms with van der Waals surface area (Å²) in [5.41, 5.74) is 0.296. The maximum atomic E-state index is 10.7. The van der Waals surface area contributed by atoms with Crippen molar-refractivity contribution >= 4 is 5.78 Å². The molecule has 0 spiro atoms. The van der Waals surface area contributed by atoms with Gasteiger partial charge in [-0.2, -0.15) is 0 Å². The summed E-state index contributed by atoms with van der Waals surface area (Å²) in [5, 5.41) is 18.6. The molecule has 0 aliphatic heterocycles. The fourth-order valence-corrected chi connectivity index (χ4v) is 0.935. The highest BCUT2D eigenvalue weighted by Gasteiger charge is 2.22. The van der Waals surface area contributed by atoms with Gasteiger partial charge in [0.2, 0.25) is 0 Å². The van der Waals surface area contributed by atoms with Gasteiger partial charge in [-0.3, -0.25) is 9.78 Å². The first-order chi connectivity index (χ1) is 6.13. The van der Waals surface area contributed by atoms with Crippen molar-refractivity contribution in [2.45, 2.75) is 19.1 Å². The van der Waals surface area contributed by atoms with Gasteiger partial charge in [-0.15, -0.1) is 0 Å². The molecule has 4 heteroatoms. The zero-order chi connectivity index (χ0) is 9.84. The number of carbonyl (C=O) groups is 1. The third kappa shape index (κ3) is 2.34. The van der Waals surface area contributed by atoms with Crippen molar-refractivity contribution in [2.75, 3.05) is 0 Å². The molecular formula is C9H11NO3. The Morgan fingerprint density at radius 2 is 2.15 bits per heavy atom. The monoisotopic (exact) mass is 181 g/mol. The van der Waals surface area contributed by atoms with Crippen LogP contribution in [0.15, 0.2) is 24.4 Å². The van der Waals surface area contributed by atoms with Crippen LogP contribution in [0, 0.1) is 0 Å². The van der Waals surface area contributed by atoms with Crippen LogP contribution in [0.2, 0.25) is 0 Å². The maximum Gasteiger partial charge on any atom is 0.161 e. The molecule has 1 rings (SSSR count). The molecule has 2 atom stereocenters. The van der Waals surface area contributed by atoms with Gasteiger partial charge in [0.15, 0.2) is 5.78 Å². The standard InChI is InChI=1S/C9H11NO3/c1-6(11)8(12)9(13)7-4-2-3-5-10-7/h2-5,8-9,12-13H,1H3/t8-,9-/m1/s1. The molecule has 0 amide bonds. The van der Waals surface area contributed by atoms with Gasteiger partial charge < -0.3 is 10.2 Å². The Morgan fingerprint density at radius 1 is 1.46 bits per heavy atom. The predicted octanol–water partition coefficient (Wildman–Crippen LogP) is 0.0649. The molecule has 0 aliphatic carbocycles. The Kier molecular flexibility index (Phi) is 3.11. The minimum Gasteiger partial charge on any atom is -0.384 e. The average Bonchev–Trinajstić information content (AvgIpc) is 2.17. The number of rotatable bonds is 3. The van der Waals surface area contributed by atoms with Crippen molar-refractivity contribution in [1.29, 1.82) is 0 Å². The molecule has 0 bridgehead atoms. The fraction of sp³-hybridized carbons (Fsp3) is 0.333. The first-order valence-electron chi connectivity index (χ1n) is 3.90. The van der Waals surface area contributed by atoms with Gasteiger partial charge >= 0.3 is 0 Å². The number of aromatic nitrogens is 1. The van der Waals surface area contributed by atoms with E-state index in [0.29, 0.717) is 5.69 Å². The van der Waals surface area contributed by atoms with Crippen molar-refractivity contribution in [1.82, 2.24) is 4.98 Å². The third-order valence-electron chi connectivity index (χ3n) is 1.71. The molecule has 13 heavy (non-hydrogen) atoms. The van der Waals surface area contributed by atoms with Crippen LogP contribution in [-0.2, 0) is 4.79 Å². The van der Waals surface area contributed by atoms with E-state index in [1.54, 1.807) is 18.2 Å². The molecule has 0 aromatic carbocycles. The van der Waals surface area contributed by atoms with Crippen molar-refractivity contribution in [3.05, 3.63) is 30.1 Å². The second-order valence-corrected chi connectivity index (χ2v) is 2.75. The normalized spacial score (nSPS) is 15.0. The van der Waals surface area contributed by atoms with Crippen molar-refractivity contribution in [3.63, 3.8) is 0 Å². The molecule has 2 N–H and O–H groups in total. The SMILES string of the molecule is CC(=O)[C@@H](O)[C@H](O)c1ccccn1. The number of Topliss-reactive ketones (excluding diaryl/α,β-unsaturated/α-hetero) is 1. The zero-order valence-electron chi connectivity index (χ0n) is 7.21. The third-order valence-corrected chi connectivity index (χ3v) is 1.71. The van der Waals surface area contributed by atoms with Crippen LogP contribution in [0.1, 0.15) is 18.7 Å². The molecular weight excluding hydrogens is 170 g/mol. The second kappa shape index (κ2) is 4.11. The minimum absolute atomic E-state index is 0.296. The number of aliphatic hydroxyl groups is 2. The number of nitrogens with zero attached hydrogens (tertiary/aromatic N) is 1. The molecule has 0 saturated carbocycles. The number of carbonyl (C=O) groups excluding carboxylic acids is 1. The molecule has 0 aliphatic rings. The van der Waals surface area contributed by atoms with Gasteiger partial charge in [-0.25, -0.2) is 0 Å². The highest BCUT2D eigenvalue weighted by Crippen LogP contribution is 2.13. The lowest BCUT2D eigenvalue weighted by molar-refractivity contribution is -0.131. The van der Waals surface area contributed by atoms with E-state index >= 15 is 0 Å². The summed E-state index contributed by atoms with van der Waals surface area (Å²) >= 11 is 0. The van der Waals surface area contributed by atoms with Gasteiger partial charge in [0.05, 0.1) is 5.69 Å². The molecule has 70 valence electrons. The van der Waals surface area contributed by atoms with Gasteiger partial charge in [0, 0.05) is 6.20 Å². The van der Waals surface area contributed by atoms with Crippen LogP contribution in [-0.4, -0.2) is 27.1 Å². The Balaban J connectivity index is 2.79. The van der Waals surface area contributed by atoms with Crippen LogP contribution < -0.4 is 0 Å². The largest absolute Gasteiger partial charge is 0.384 e. The molecule has 1 aromatic rings. The molecule has 0 fully saturated rings. The topological polar surface area (TPSA) is 70.4 Å². The van der Waals surface area contributed by atoms with E-state index in [1.165, 1.54) is 13.1 Å². The Labute approximate surface area is 75.9 Å². The Hall–Kier alpha value is -1.26. The zero-order valence-corrected chi connectivity index (χ0v) is 7.21. The van der Waals surface area contributed by atoms with E-state index < -0.39 is 18.0 Å². The molecule has 0 radical (unpaired) electrons. The summed E-state index contributed by atoms with van der Waals surface area (Å²) in [5.74, 6) is -0.474. The first-order valence-corrected chi connectivity index (χ1v) is 3.90. The van der Waals surface area contributed by atoms with Gasteiger partial charge in [-0.05, 0) is 19.1 Å². The molecule has 0 saturated heterocycles. The summed E-state index contributed by atoms with van der Waals surface area (Å²) in [6.45, 7) is 1.22. The number of hydrogen-bond acceptors (Lipinski definition) is 4. The van der Waals surface area contributed by atoms with E-state index in [1.807, 2.05) is 0 Å². The predicted molar refractivity (Wildman–Crippen MR) is 45.9 cm³/mol. The van der Waals surface area contributed by atoms with E-state index in [9.17, 15) is 15.0 Å². The lowest BCUT2D eigenvalue weighted by atomic mass is 10.1. The number of pyridine rings is 1. The van der Waals surface area contributed by atoms with Crippen molar-refractivity contribution < 1.29 is 15.0 Å². The van der Waals surface area contributed by atoms with E-state index in [-0.39, 0.29) is 0 Å². The molecule has 1 aromatic heterocycles. The summed E-state index contributed by atoms with van der Waals surface area (Å²) in [7, 11) is 0. The molecule has 4 nitrogen and oxygen atoms in total. The minimum atomic E-state index is -1.39. The van der Waals surface area contributed by atoms with Gasteiger partial charge in [0.1, 0.15) is 12.2 Å². The quantitative estimate of drug-likeness (QED) is 0.692. The summed E-state index contributed by atoms with van der Waals surface area (Å²) < 4.78 is 0.